The molecule has 2 N–H and O–H groups in total. The second kappa shape index (κ2) is 7.05. The Morgan fingerprint density at radius 1 is 1.40 bits per heavy atom. The number of nitrogens with one attached hydrogen (secondary N) is 2. The Balaban J connectivity index is 1.88. The summed E-state index contributed by atoms with van der Waals surface area (Å²) in [5, 5.41) is 8.11. The van der Waals surface area contributed by atoms with E-state index in [0.29, 0.717) is 18.3 Å². The average molecular weight is 289 g/mol. The normalized spacial score (nSPS) is 11.9. The van der Waals surface area contributed by atoms with Gasteiger partial charge in [-0.25, -0.2) is 4.98 Å². The standard InChI is InChI=1S/C15H19N3OS/c1-3-11(2)17-12-6-7-14(16-10-12)18-15(19)9-13-5-4-8-20-13/h4-8,10-11,17H,3,9H2,1-2H3,(H,16,18,19). The molecule has 106 valence electrons. The first-order chi connectivity index (χ1) is 9.67. The lowest BCUT2D eigenvalue weighted by molar-refractivity contribution is -0.115. The van der Waals surface area contributed by atoms with Gasteiger partial charge in [-0.3, -0.25) is 4.79 Å². The van der Waals surface area contributed by atoms with Crippen molar-refractivity contribution < 1.29 is 4.79 Å². The number of carbonyl (C=O) groups is 1. The topological polar surface area (TPSA) is 54.0 Å². The van der Waals surface area contributed by atoms with Gasteiger partial charge in [-0.2, -0.15) is 0 Å². The molecule has 0 saturated carbocycles. The van der Waals surface area contributed by atoms with E-state index in [-0.39, 0.29) is 5.91 Å². The van der Waals surface area contributed by atoms with Crippen LogP contribution in [0.3, 0.4) is 0 Å². The number of hydrogen-bond donors (Lipinski definition) is 2. The van der Waals surface area contributed by atoms with Gasteiger partial charge in [0, 0.05) is 10.9 Å². The molecular formula is C15H19N3OS. The van der Waals surface area contributed by atoms with Gasteiger partial charge in [-0.15, -0.1) is 11.3 Å². The predicted molar refractivity (Wildman–Crippen MR) is 84.3 cm³/mol. The fraction of sp³-hybridized carbons (Fsp3) is 0.333. The molecular weight excluding hydrogens is 270 g/mol. The van der Waals surface area contributed by atoms with Crippen molar-refractivity contribution in [2.24, 2.45) is 0 Å². The van der Waals surface area contributed by atoms with E-state index in [2.05, 4.69) is 29.5 Å². The highest BCUT2D eigenvalue weighted by Crippen LogP contribution is 2.13. The van der Waals surface area contributed by atoms with Crippen LogP contribution in [0.25, 0.3) is 0 Å². The van der Waals surface area contributed by atoms with Crippen molar-refractivity contribution in [3.63, 3.8) is 0 Å². The molecule has 0 saturated heterocycles. The lowest BCUT2D eigenvalue weighted by Crippen LogP contribution is -2.16. The molecule has 2 aromatic heterocycles. The predicted octanol–water partition coefficient (Wildman–Crippen LogP) is 3.53. The summed E-state index contributed by atoms with van der Waals surface area (Å²) >= 11 is 1.58. The maximum Gasteiger partial charge on any atom is 0.230 e. The Morgan fingerprint density at radius 2 is 2.25 bits per heavy atom. The number of hydrogen-bond acceptors (Lipinski definition) is 4. The fourth-order valence-electron chi connectivity index (χ4n) is 1.70. The summed E-state index contributed by atoms with van der Waals surface area (Å²) in [6.07, 6.45) is 3.19. The van der Waals surface area contributed by atoms with Gasteiger partial charge in [0.15, 0.2) is 0 Å². The largest absolute Gasteiger partial charge is 0.381 e. The lowest BCUT2D eigenvalue weighted by atomic mass is 10.2. The SMILES string of the molecule is CCC(C)Nc1ccc(NC(=O)Cc2cccs2)nc1. The zero-order chi connectivity index (χ0) is 14.4. The highest BCUT2D eigenvalue weighted by atomic mass is 32.1. The highest BCUT2D eigenvalue weighted by Gasteiger charge is 2.06. The molecule has 0 spiro atoms. The van der Waals surface area contributed by atoms with Gasteiger partial charge >= 0.3 is 0 Å². The van der Waals surface area contributed by atoms with E-state index in [9.17, 15) is 4.79 Å². The third-order valence-corrected chi connectivity index (χ3v) is 3.85. The molecule has 0 radical (unpaired) electrons. The minimum atomic E-state index is -0.0393. The second-order valence-corrected chi connectivity index (χ2v) is 5.72. The number of amides is 1. The summed E-state index contributed by atoms with van der Waals surface area (Å²) in [4.78, 5) is 17.1. The van der Waals surface area contributed by atoms with Crippen molar-refractivity contribution in [1.82, 2.24) is 4.98 Å². The van der Waals surface area contributed by atoms with Gasteiger partial charge in [0.1, 0.15) is 5.82 Å². The number of thiophene rings is 1. The van der Waals surface area contributed by atoms with Gasteiger partial charge in [0.25, 0.3) is 0 Å². The van der Waals surface area contributed by atoms with Crippen LogP contribution in [-0.4, -0.2) is 16.9 Å². The molecule has 0 aromatic carbocycles. The van der Waals surface area contributed by atoms with E-state index in [0.717, 1.165) is 17.0 Å². The number of aromatic nitrogens is 1. The molecule has 0 aliphatic carbocycles. The lowest BCUT2D eigenvalue weighted by Gasteiger charge is -2.12. The molecule has 4 nitrogen and oxygen atoms in total. The highest BCUT2D eigenvalue weighted by molar-refractivity contribution is 7.10. The van der Waals surface area contributed by atoms with Crippen molar-refractivity contribution in [1.29, 1.82) is 0 Å². The van der Waals surface area contributed by atoms with Crippen LogP contribution in [0.4, 0.5) is 11.5 Å². The maximum atomic E-state index is 11.8. The van der Waals surface area contributed by atoms with Crippen molar-refractivity contribution in [3.8, 4) is 0 Å². The Kier molecular flexibility index (Phi) is 5.12. The molecule has 1 atom stereocenters. The van der Waals surface area contributed by atoms with Gasteiger partial charge in [-0.05, 0) is 36.9 Å². The van der Waals surface area contributed by atoms with Crippen molar-refractivity contribution >= 4 is 28.7 Å². The monoisotopic (exact) mass is 289 g/mol. The van der Waals surface area contributed by atoms with Crippen molar-refractivity contribution in [2.75, 3.05) is 10.6 Å². The van der Waals surface area contributed by atoms with Crippen LogP contribution in [-0.2, 0) is 11.2 Å². The summed E-state index contributed by atoms with van der Waals surface area (Å²) in [5.41, 5.74) is 0.968. The van der Waals surface area contributed by atoms with E-state index >= 15 is 0 Å². The first kappa shape index (κ1) is 14.5. The van der Waals surface area contributed by atoms with E-state index in [1.165, 1.54) is 0 Å². The van der Waals surface area contributed by atoms with Crippen LogP contribution in [0, 0.1) is 0 Å². The van der Waals surface area contributed by atoms with Crippen LogP contribution in [0.15, 0.2) is 35.8 Å². The van der Waals surface area contributed by atoms with Crippen molar-refractivity contribution in [3.05, 3.63) is 40.7 Å². The van der Waals surface area contributed by atoms with E-state index in [4.69, 9.17) is 0 Å². The molecule has 0 aliphatic rings. The molecule has 5 heteroatoms. The molecule has 2 rings (SSSR count). The molecule has 0 aliphatic heterocycles. The Labute approximate surface area is 123 Å². The number of pyridine rings is 1. The van der Waals surface area contributed by atoms with E-state index in [1.807, 2.05) is 29.6 Å². The number of nitrogens with zero attached hydrogens (tertiary/aromatic N) is 1. The number of carbonyl (C=O) groups excluding carboxylic acids is 1. The number of rotatable bonds is 6. The zero-order valence-corrected chi connectivity index (χ0v) is 12.5. The molecule has 20 heavy (non-hydrogen) atoms. The van der Waals surface area contributed by atoms with E-state index in [1.54, 1.807) is 17.5 Å². The number of anilines is 2. The minimum absolute atomic E-state index is 0.0393. The molecule has 2 aromatic rings. The first-order valence-corrected chi connectivity index (χ1v) is 7.60. The van der Waals surface area contributed by atoms with Gasteiger partial charge in [0.05, 0.1) is 18.3 Å². The smallest absolute Gasteiger partial charge is 0.230 e. The third kappa shape index (κ3) is 4.35. The Hall–Kier alpha value is -1.88. The summed E-state index contributed by atoms with van der Waals surface area (Å²) in [6.45, 7) is 4.25. The van der Waals surface area contributed by atoms with Crippen LogP contribution >= 0.6 is 11.3 Å². The van der Waals surface area contributed by atoms with E-state index < -0.39 is 0 Å². The molecule has 0 fully saturated rings. The summed E-state index contributed by atoms with van der Waals surface area (Å²) in [5.74, 6) is 0.545. The Morgan fingerprint density at radius 3 is 2.85 bits per heavy atom. The average Bonchev–Trinajstić information content (AvgIpc) is 2.93. The summed E-state index contributed by atoms with van der Waals surface area (Å²) in [7, 11) is 0. The maximum absolute atomic E-state index is 11.8. The van der Waals surface area contributed by atoms with Crippen LogP contribution in [0.2, 0.25) is 0 Å². The fourth-order valence-corrected chi connectivity index (χ4v) is 2.40. The van der Waals surface area contributed by atoms with Crippen LogP contribution < -0.4 is 10.6 Å². The second-order valence-electron chi connectivity index (χ2n) is 4.69. The van der Waals surface area contributed by atoms with Gasteiger partial charge < -0.3 is 10.6 Å². The Bertz CT molecular complexity index is 537. The molecule has 0 bridgehead atoms. The molecule has 1 unspecified atom stereocenters. The van der Waals surface area contributed by atoms with Crippen molar-refractivity contribution in [2.45, 2.75) is 32.7 Å². The van der Waals surface area contributed by atoms with Crippen LogP contribution in [0.5, 0.6) is 0 Å². The third-order valence-electron chi connectivity index (χ3n) is 2.97. The first-order valence-electron chi connectivity index (χ1n) is 6.72. The van der Waals surface area contributed by atoms with Gasteiger partial charge in [-0.1, -0.05) is 13.0 Å². The zero-order valence-electron chi connectivity index (χ0n) is 11.7. The molecule has 1 amide bonds. The summed E-state index contributed by atoms with van der Waals surface area (Å²) < 4.78 is 0. The van der Waals surface area contributed by atoms with Crippen LogP contribution in [0.1, 0.15) is 25.1 Å². The van der Waals surface area contributed by atoms with Gasteiger partial charge in [0.2, 0.25) is 5.91 Å². The minimum Gasteiger partial charge on any atom is -0.381 e. The summed E-state index contributed by atoms with van der Waals surface area (Å²) in [6, 6.07) is 8.06. The quantitative estimate of drug-likeness (QED) is 0.855. The molecule has 2 heterocycles.